The van der Waals surface area contributed by atoms with Gasteiger partial charge in [-0.1, -0.05) is 48.5 Å². The fourth-order valence-corrected chi connectivity index (χ4v) is 3.58. The maximum absolute atomic E-state index is 13.0. The normalized spacial score (nSPS) is 16.9. The second-order valence-corrected chi connectivity index (χ2v) is 7.03. The minimum Gasteiger partial charge on any atom is -0.464 e. The van der Waals surface area contributed by atoms with Crippen molar-refractivity contribution < 1.29 is 19.1 Å². The van der Waals surface area contributed by atoms with E-state index in [0.717, 1.165) is 12.0 Å². The first-order chi connectivity index (χ1) is 14.1. The molecule has 1 heterocycles. The predicted octanol–water partition coefficient (Wildman–Crippen LogP) is 2.58. The van der Waals surface area contributed by atoms with Crippen LogP contribution in [-0.2, 0) is 20.7 Å². The molecule has 1 saturated heterocycles. The van der Waals surface area contributed by atoms with Gasteiger partial charge in [-0.15, -0.1) is 0 Å². The Morgan fingerprint density at radius 2 is 1.72 bits per heavy atom. The summed E-state index contributed by atoms with van der Waals surface area (Å²) in [4.78, 5) is 39.8. The highest BCUT2D eigenvalue weighted by Gasteiger charge is 2.36. The number of nitrogens with zero attached hydrogens (tertiary/aromatic N) is 1. The van der Waals surface area contributed by atoms with Gasteiger partial charge in [0, 0.05) is 18.5 Å². The third-order valence-corrected chi connectivity index (χ3v) is 5.01. The Labute approximate surface area is 170 Å². The minimum atomic E-state index is -0.792. The summed E-state index contributed by atoms with van der Waals surface area (Å²) in [6.45, 7) is 2.49. The van der Waals surface area contributed by atoms with Gasteiger partial charge in [-0.2, -0.15) is 0 Å². The molecule has 1 N–H and O–H groups in total. The van der Waals surface area contributed by atoms with Gasteiger partial charge < -0.3 is 15.0 Å². The number of likely N-dealkylation sites (tertiary alicyclic amines) is 1. The molecule has 0 aliphatic carbocycles. The van der Waals surface area contributed by atoms with Crippen molar-refractivity contribution in [3.8, 4) is 0 Å². The summed E-state index contributed by atoms with van der Waals surface area (Å²) in [5.74, 6) is -0.955. The molecule has 3 rings (SSSR count). The summed E-state index contributed by atoms with van der Waals surface area (Å²) < 4.78 is 5.15. The van der Waals surface area contributed by atoms with Crippen LogP contribution < -0.4 is 5.32 Å². The molecule has 2 aromatic rings. The number of rotatable bonds is 7. The summed E-state index contributed by atoms with van der Waals surface area (Å²) in [6.07, 6.45) is 1.66. The van der Waals surface area contributed by atoms with Gasteiger partial charge >= 0.3 is 5.97 Å². The molecule has 2 aromatic carbocycles. The standard InChI is InChI=1S/C23H26N2O4/c1-2-29-23(28)19(16-17-10-5-3-6-11-17)24-21(26)20-14-9-15-25(20)22(27)18-12-7-4-8-13-18/h3-8,10-13,19-20H,2,9,14-16H2,1H3,(H,24,26)/t19-,20-/m0/s1. The third-order valence-electron chi connectivity index (χ3n) is 5.01. The molecule has 0 unspecified atom stereocenters. The van der Waals surface area contributed by atoms with Crippen LogP contribution in [0.2, 0.25) is 0 Å². The van der Waals surface area contributed by atoms with E-state index in [-0.39, 0.29) is 18.4 Å². The van der Waals surface area contributed by atoms with Crippen molar-refractivity contribution in [2.75, 3.05) is 13.2 Å². The summed E-state index contributed by atoms with van der Waals surface area (Å²) in [5.41, 5.74) is 1.48. The van der Waals surface area contributed by atoms with Crippen LogP contribution in [0, 0.1) is 0 Å². The molecule has 152 valence electrons. The summed E-state index contributed by atoms with van der Waals surface area (Å²) >= 11 is 0. The molecule has 0 bridgehead atoms. The Morgan fingerprint density at radius 3 is 2.38 bits per heavy atom. The molecular formula is C23H26N2O4. The number of esters is 1. The predicted molar refractivity (Wildman–Crippen MR) is 109 cm³/mol. The third kappa shape index (κ3) is 5.22. The molecule has 0 radical (unpaired) electrons. The smallest absolute Gasteiger partial charge is 0.328 e. The van der Waals surface area contributed by atoms with E-state index in [4.69, 9.17) is 4.74 Å². The molecule has 6 nitrogen and oxygen atoms in total. The molecule has 2 atom stereocenters. The van der Waals surface area contributed by atoms with E-state index in [1.165, 1.54) is 0 Å². The number of nitrogens with one attached hydrogen (secondary N) is 1. The number of ether oxygens (including phenoxy) is 1. The summed E-state index contributed by atoms with van der Waals surface area (Å²) in [5, 5.41) is 2.82. The fraction of sp³-hybridized carbons (Fsp3) is 0.348. The second kappa shape index (κ2) is 9.87. The highest BCUT2D eigenvalue weighted by Crippen LogP contribution is 2.21. The first kappa shape index (κ1) is 20.6. The quantitative estimate of drug-likeness (QED) is 0.733. The number of carbonyl (C=O) groups excluding carboxylic acids is 3. The molecule has 1 aliphatic rings. The van der Waals surface area contributed by atoms with Crippen LogP contribution in [-0.4, -0.2) is 47.9 Å². The van der Waals surface area contributed by atoms with Crippen LogP contribution in [0.15, 0.2) is 60.7 Å². The van der Waals surface area contributed by atoms with E-state index in [2.05, 4.69) is 5.32 Å². The largest absolute Gasteiger partial charge is 0.464 e. The van der Waals surface area contributed by atoms with Crippen molar-refractivity contribution >= 4 is 17.8 Å². The van der Waals surface area contributed by atoms with E-state index >= 15 is 0 Å². The van der Waals surface area contributed by atoms with Crippen molar-refractivity contribution in [3.63, 3.8) is 0 Å². The number of amides is 2. The molecule has 1 aliphatic heterocycles. The molecule has 0 saturated carbocycles. The van der Waals surface area contributed by atoms with Gasteiger partial charge in [-0.05, 0) is 37.5 Å². The van der Waals surface area contributed by atoms with Gasteiger partial charge in [0.25, 0.3) is 5.91 Å². The maximum Gasteiger partial charge on any atom is 0.328 e. The van der Waals surface area contributed by atoms with Crippen molar-refractivity contribution in [3.05, 3.63) is 71.8 Å². The Morgan fingerprint density at radius 1 is 1.07 bits per heavy atom. The lowest BCUT2D eigenvalue weighted by Gasteiger charge is -2.26. The van der Waals surface area contributed by atoms with E-state index in [9.17, 15) is 14.4 Å². The fourth-order valence-electron chi connectivity index (χ4n) is 3.58. The zero-order valence-corrected chi connectivity index (χ0v) is 16.5. The second-order valence-electron chi connectivity index (χ2n) is 7.03. The monoisotopic (exact) mass is 394 g/mol. The molecule has 2 amide bonds. The Kier molecular flexibility index (Phi) is 7.00. The average Bonchev–Trinajstić information content (AvgIpc) is 3.24. The van der Waals surface area contributed by atoms with E-state index in [0.29, 0.717) is 24.9 Å². The molecule has 29 heavy (non-hydrogen) atoms. The van der Waals surface area contributed by atoms with E-state index in [1.807, 2.05) is 36.4 Å². The van der Waals surface area contributed by atoms with Gasteiger partial charge in [-0.25, -0.2) is 4.79 Å². The van der Waals surface area contributed by atoms with Gasteiger partial charge in [0.05, 0.1) is 6.61 Å². The minimum absolute atomic E-state index is 0.168. The number of carbonyl (C=O) groups is 3. The summed E-state index contributed by atoms with van der Waals surface area (Å²) in [6, 6.07) is 17.0. The van der Waals surface area contributed by atoms with Gasteiger partial charge in [0.2, 0.25) is 5.91 Å². The Balaban J connectivity index is 1.72. The lowest BCUT2D eigenvalue weighted by Crippen LogP contribution is -2.51. The van der Waals surface area contributed by atoms with Crippen LogP contribution in [0.1, 0.15) is 35.7 Å². The average molecular weight is 394 g/mol. The Bertz CT molecular complexity index is 838. The topological polar surface area (TPSA) is 75.7 Å². The van der Waals surface area contributed by atoms with Crippen LogP contribution in [0.4, 0.5) is 0 Å². The van der Waals surface area contributed by atoms with E-state index in [1.54, 1.807) is 36.1 Å². The van der Waals surface area contributed by atoms with Gasteiger partial charge in [0.15, 0.2) is 0 Å². The van der Waals surface area contributed by atoms with Crippen LogP contribution in [0.3, 0.4) is 0 Å². The Hall–Kier alpha value is -3.15. The van der Waals surface area contributed by atoms with Gasteiger partial charge in [-0.3, -0.25) is 9.59 Å². The zero-order chi connectivity index (χ0) is 20.6. The number of hydrogen-bond donors (Lipinski definition) is 1. The first-order valence-corrected chi connectivity index (χ1v) is 9.97. The van der Waals surface area contributed by atoms with E-state index < -0.39 is 18.1 Å². The maximum atomic E-state index is 13.0. The molecular weight excluding hydrogens is 368 g/mol. The lowest BCUT2D eigenvalue weighted by atomic mass is 10.0. The SMILES string of the molecule is CCOC(=O)[C@H](Cc1ccccc1)NC(=O)[C@@H]1CCCN1C(=O)c1ccccc1. The van der Waals surface area contributed by atoms with Crippen molar-refractivity contribution in [2.24, 2.45) is 0 Å². The molecule has 1 fully saturated rings. The summed E-state index contributed by atoms with van der Waals surface area (Å²) in [7, 11) is 0. The van der Waals surface area contributed by atoms with Crippen molar-refractivity contribution in [2.45, 2.75) is 38.3 Å². The van der Waals surface area contributed by atoms with Crippen molar-refractivity contribution in [1.29, 1.82) is 0 Å². The first-order valence-electron chi connectivity index (χ1n) is 9.97. The highest BCUT2D eigenvalue weighted by atomic mass is 16.5. The van der Waals surface area contributed by atoms with Crippen molar-refractivity contribution in [1.82, 2.24) is 10.2 Å². The molecule has 6 heteroatoms. The lowest BCUT2D eigenvalue weighted by molar-refractivity contribution is -0.147. The van der Waals surface area contributed by atoms with Crippen LogP contribution in [0.5, 0.6) is 0 Å². The molecule has 0 spiro atoms. The van der Waals surface area contributed by atoms with Crippen LogP contribution in [0.25, 0.3) is 0 Å². The number of hydrogen-bond acceptors (Lipinski definition) is 4. The highest BCUT2D eigenvalue weighted by molar-refractivity contribution is 5.98. The molecule has 0 aromatic heterocycles. The van der Waals surface area contributed by atoms with Crippen LogP contribution >= 0.6 is 0 Å². The number of benzene rings is 2. The zero-order valence-electron chi connectivity index (χ0n) is 16.5. The van der Waals surface area contributed by atoms with Gasteiger partial charge in [0.1, 0.15) is 12.1 Å².